The Hall–Kier alpha value is -1.60. The second kappa shape index (κ2) is 10.3. The van der Waals surface area contributed by atoms with Crippen molar-refractivity contribution in [2.75, 3.05) is 7.11 Å². The monoisotopic (exact) mass is 439 g/mol. The molecule has 178 valence electrons. The minimum Gasteiger partial charge on any atom is -0.469 e. The largest absolute Gasteiger partial charge is 0.469 e. The summed E-state index contributed by atoms with van der Waals surface area (Å²) in [4.78, 5) is 27.2. The summed E-state index contributed by atoms with van der Waals surface area (Å²) in [6, 6.07) is -0.403. The fraction of sp³-hybridized carbons (Fsp3) is 0.833. The second-order valence-corrected chi connectivity index (χ2v) is 10.3. The van der Waals surface area contributed by atoms with Gasteiger partial charge in [0.1, 0.15) is 17.4 Å². The molecule has 31 heavy (non-hydrogen) atoms. The number of methoxy groups -OCH3 is 1. The van der Waals surface area contributed by atoms with Crippen LogP contribution in [0.4, 0.5) is 4.79 Å². The molecule has 2 rings (SSSR count). The standard InChI is InChI=1S/C24H41NO6/c1-8-12-17(21(27)29-7)19(26)20-18(15-16-13-10-9-11-14-16)25(24(5,6)30-20)22(28)31-23(2,3)4/h8,16-20,26H,1,9-15H2,2-7H3/t17-,18+,19-,20-/m1/s1. The smallest absolute Gasteiger partial charge is 0.412 e. The van der Waals surface area contributed by atoms with Gasteiger partial charge in [-0.1, -0.05) is 38.2 Å². The molecular weight excluding hydrogens is 398 g/mol. The number of nitrogens with zero attached hydrogens (tertiary/aromatic N) is 1. The van der Waals surface area contributed by atoms with Crippen LogP contribution in [0.3, 0.4) is 0 Å². The Morgan fingerprint density at radius 1 is 1.26 bits per heavy atom. The number of carbonyl (C=O) groups is 2. The van der Waals surface area contributed by atoms with Gasteiger partial charge in [-0.3, -0.25) is 9.69 Å². The topological polar surface area (TPSA) is 85.3 Å². The number of allylic oxidation sites excluding steroid dienone is 1. The number of esters is 1. The Balaban J connectivity index is 2.38. The van der Waals surface area contributed by atoms with Crippen molar-refractivity contribution in [2.45, 2.75) is 109 Å². The quantitative estimate of drug-likeness (QED) is 0.467. The van der Waals surface area contributed by atoms with Crippen LogP contribution in [0.15, 0.2) is 12.7 Å². The van der Waals surface area contributed by atoms with Gasteiger partial charge in [-0.25, -0.2) is 4.79 Å². The van der Waals surface area contributed by atoms with Crippen LogP contribution in [0.5, 0.6) is 0 Å². The van der Waals surface area contributed by atoms with Crippen molar-refractivity contribution in [1.82, 2.24) is 4.90 Å². The number of aliphatic hydroxyl groups excluding tert-OH is 1. The third-order valence-electron chi connectivity index (χ3n) is 6.28. The molecule has 1 amide bonds. The molecule has 0 radical (unpaired) electrons. The van der Waals surface area contributed by atoms with Crippen LogP contribution in [0.1, 0.15) is 79.6 Å². The van der Waals surface area contributed by atoms with Crippen molar-refractivity contribution in [3.8, 4) is 0 Å². The molecule has 4 atom stereocenters. The highest BCUT2D eigenvalue weighted by molar-refractivity contribution is 5.73. The number of rotatable bonds is 7. The van der Waals surface area contributed by atoms with Crippen molar-refractivity contribution in [3.05, 3.63) is 12.7 Å². The van der Waals surface area contributed by atoms with E-state index in [4.69, 9.17) is 14.2 Å². The normalized spacial score (nSPS) is 26.2. The van der Waals surface area contributed by atoms with E-state index in [1.54, 1.807) is 24.8 Å². The molecule has 1 saturated heterocycles. The summed E-state index contributed by atoms with van der Waals surface area (Å²) in [5, 5.41) is 11.3. The van der Waals surface area contributed by atoms with Crippen molar-refractivity contribution in [2.24, 2.45) is 11.8 Å². The number of hydrogen-bond donors (Lipinski definition) is 1. The lowest BCUT2D eigenvalue weighted by atomic mass is 9.81. The molecule has 1 N–H and O–H groups in total. The highest BCUT2D eigenvalue weighted by atomic mass is 16.6. The van der Waals surface area contributed by atoms with Gasteiger partial charge in [0.2, 0.25) is 0 Å². The lowest BCUT2D eigenvalue weighted by Gasteiger charge is -2.37. The van der Waals surface area contributed by atoms with Crippen molar-refractivity contribution < 1.29 is 28.9 Å². The highest BCUT2D eigenvalue weighted by Gasteiger charge is 2.55. The van der Waals surface area contributed by atoms with Crippen molar-refractivity contribution in [1.29, 1.82) is 0 Å². The molecular formula is C24H41NO6. The third kappa shape index (κ3) is 6.45. The maximum Gasteiger partial charge on any atom is 0.412 e. The zero-order valence-corrected chi connectivity index (χ0v) is 20.1. The molecule has 0 unspecified atom stereocenters. The Morgan fingerprint density at radius 3 is 2.39 bits per heavy atom. The van der Waals surface area contributed by atoms with E-state index in [0.717, 1.165) is 12.8 Å². The van der Waals surface area contributed by atoms with Crippen LogP contribution in [0.25, 0.3) is 0 Å². The predicted molar refractivity (Wildman–Crippen MR) is 118 cm³/mol. The number of amides is 1. The average Bonchev–Trinajstić information content (AvgIpc) is 2.94. The summed E-state index contributed by atoms with van der Waals surface area (Å²) in [6.45, 7) is 12.8. The molecule has 0 aromatic carbocycles. The van der Waals surface area contributed by atoms with Crippen molar-refractivity contribution in [3.63, 3.8) is 0 Å². The van der Waals surface area contributed by atoms with Crippen LogP contribution in [0, 0.1) is 11.8 Å². The molecule has 0 bridgehead atoms. The van der Waals surface area contributed by atoms with Crippen LogP contribution >= 0.6 is 0 Å². The number of aliphatic hydroxyl groups is 1. The van der Waals surface area contributed by atoms with Gasteiger partial charge in [-0.2, -0.15) is 0 Å². The van der Waals surface area contributed by atoms with Gasteiger partial charge in [0, 0.05) is 0 Å². The first-order valence-corrected chi connectivity index (χ1v) is 11.5. The molecule has 7 heteroatoms. The Bertz CT molecular complexity index is 634. The predicted octanol–water partition coefficient (Wildman–Crippen LogP) is 4.42. The molecule has 2 fully saturated rings. The van der Waals surface area contributed by atoms with Gasteiger partial charge < -0.3 is 19.3 Å². The molecule has 1 heterocycles. The van der Waals surface area contributed by atoms with E-state index in [2.05, 4.69) is 6.58 Å². The molecule has 2 aliphatic rings. The van der Waals surface area contributed by atoms with Crippen LogP contribution < -0.4 is 0 Å². The summed E-state index contributed by atoms with van der Waals surface area (Å²) >= 11 is 0. The van der Waals surface area contributed by atoms with Crippen LogP contribution in [0.2, 0.25) is 0 Å². The number of hydrogen-bond acceptors (Lipinski definition) is 6. The van der Waals surface area contributed by atoms with Gasteiger partial charge in [0.15, 0.2) is 0 Å². The first kappa shape index (κ1) is 25.7. The second-order valence-electron chi connectivity index (χ2n) is 10.3. The molecule has 7 nitrogen and oxygen atoms in total. The van der Waals surface area contributed by atoms with Gasteiger partial charge >= 0.3 is 12.1 Å². The number of carbonyl (C=O) groups excluding carboxylic acids is 2. The minimum absolute atomic E-state index is 0.261. The Morgan fingerprint density at radius 2 is 1.87 bits per heavy atom. The minimum atomic E-state index is -1.13. The summed E-state index contributed by atoms with van der Waals surface area (Å²) in [6.07, 6.45) is 5.98. The van der Waals surface area contributed by atoms with Crippen LogP contribution in [-0.2, 0) is 19.0 Å². The molecule has 1 saturated carbocycles. The Kier molecular flexibility index (Phi) is 8.56. The lowest BCUT2D eigenvalue weighted by molar-refractivity contribution is -0.157. The van der Waals surface area contributed by atoms with E-state index in [9.17, 15) is 14.7 Å². The van der Waals surface area contributed by atoms with Crippen LogP contribution in [-0.4, -0.2) is 58.8 Å². The lowest BCUT2D eigenvalue weighted by Crippen LogP contribution is -2.52. The van der Waals surface area contributed by atoms with E-state index in [0.29, 0.717) is 12.3 Å². The zero-order chi connectivity index (χ0) is 23.4. The molecule has 1 aliphatic heterocycles. The van der Waals surface area contributed by atoms with E-state index in [1.807, 2.05) is 20.8 Å². The fourth-order valence-corrected chi connectivity index (χ4v) is 4.92. The fourth-order valence-electron chi connectivity index (χ4n) is 4.92. The molecule has 0 aromatic rings. The zero-order valence-electron chi connectivity index (χ0n) is 20.1. The Labute approximate surface area is 187 Å². The first-order valence-electron chi connectivity index (χ1n) is 11.5. The highest BCUT2D eigenvalue weighted by Crippen LogP contribution is 2.41. The first-order chi connectivity index (χ1) is 14.4. The number of ether oxygens (including phenoxy) is 3. The van der Waals surface area contributed by atoms with E-state index in [1.165, 1.54) is 26.4 Å². The summed E-state index contributed by atoms with van der Waals surface area (Å²) in [5.41, 5.74) is -1.64. The molecule has 0 aromatic heterocycles. The molecule has 0 spiro atoms. The maximum atomic E-state index is 13.2. The maximum absolute atomic E-state index is 13.2. The SMILES string of the molecule is C=CC[C@@H](C(=O)OC)[C@@H](O)[C@@H]1OC(C)(C)N(C(=O)OC(C)(C)C)[C@H]1CC1CCCCC1. The van der Waals surface area contributed by atoms with Gasteiger partial charge in [0.05, 0.1) is 25.2 Å². The summed E-state index contributed by atoms with van der Waals surface area (Å²) in [5.74, 6) is -0.886. The molecule has 1 aliphatic carbocycles. The van der Waals surface area contributed by atoms with Gasteiger partial charge in [-0.15, -0.1) is 6.58 Å². The van der Waals surface area contributed by atoms with Gasteiger partial charge in [0.25, 0.3) is 0 Å². The van der Waals surface area contributed by atoms with Gasteiger partial charge in [-0.05, 0) is 53.4 Å². The van der Waals surface area contributed by atoms with E-state index in [-0.39, 0.29) is 6.42 Å². The van der Waals surface area contributed by atoms with E-state index < -0.39 is 47.6 Å². The summed E-state index contributed by atoms with van der Waals surface area (Å²) < 4.78 is 16.9. The van der Waals surface area contributed by atoms with Crippen molar-refractivity contribution >= 4 is 12.1 Å². The van der Waals surface area contributed by atoms with E-state index >= 15 is 0 Å². The summed E-state index contributed by atoms with van der Waals surface area (Å²) in [7, 11) is 1.30. The average molecular weight is 440 g/mol. The third-order valence-corrected chi connectivity index (χ3v) is 6.28.